The Bertz CT molecular complexity index is 2710. The molecule has 2 unspecified atom stereocenters. The van der Waals surface area contributed by atoms with Crippen LogP contribution in [0.1, 0.15) is 119 Å². The normalized spacial score (nSPS) is 25.7. The van der Waals surface area contributed by atoms with Crippen LogP contribution in [0.3, 0.4) is 0 Å². The van der Waals surface area contributed by atoms with E-state index < -0.39 is 180 Å². The maximum Gasteiger partial charge on any atom is 0.331 e. The molecule has 91 heavy (non-hydrogen) atoms. The van der Waals surface area contributed by atoms with Gasteiger partial charge >= 0.3 is 5.97 Å². The Labute approximate surface area is 527 Å². The minimum Gasteiger partial charge on any atom is -0.453 e. The molecule has 0 spiro atoms. The Morgan fingerprint density at radius 1 is 0.692 bits per heavy atom. The molecule has 2 saturated heterocycles. The summed E-state index contributed by atoms with van der Waals surface area (Å²) < 4.78 is 11.3. The molecule has 0 aliphatic carbocycles. The summed E-state index contributed by atoms with van der Waals surface area (Å²) in [6, 6.07) is -9.71. The number of ether oxygens (including phenoxy) is 2. The fourth-order valence-corrected chi connectivity index (χ4v) is 9.62. The van der Waals surface area contributed by atoms with Crippen LogP contribution in [0.15, 0.2) is 35.3 Å². The van der Waals surface area contributed by atoms with Gasteiger partial charge in [0.15, 0.2) is 24.2 Å². The molecular formula is C58H95N15O18. The number of carbonyl (C=O) groups is 12. The maximum atomic E-state index is 15.4. The molecule has 2 fully saturated rings. The van der Waals surface area contributed by atoms with Crippen LogP contribution in [0, 0.1) is 23.7 Å². The monoisotopic (exact) mass is 1290 g/mol. The van der Waals surface area contributed by atoms with Gasteiger partial charge < -0.3 is 106 Å². The van der Waals surface area contributed by atoms with Crippen LogP contribution >= 0.6 is 0 Å². The van der Waals surface area contributed by atoms with Gasteiger partial charge in [0.2, 0.25) is 65.0 Å². The van der Waals surface area contributed by atoms with E-state index in [0.29, 0.717) is 0 Å². The number of hydrogen-bond donors (Lipinski definition) is 18. The van der Waals surface area contributed by atoms with Crippen LogP contribution in [-0.2, 0) is 67.0 Å². The van der Waals surface area contributed by atoms with Crippen molar-refractivity contribution in [3.05, 3.63) is 35.9 Å². The van der Waals surface area contributed by atoms with Gasteiger partial charge in [-0.25, -0.2) is 4.79 Å². The van der Waals surface area contributed by atoms with E-state index in [2.05, 4.69) is 47.5 Å². The first-order valence-electron chi connectivity index (χ1n) is 30.3. The summed E-state index contributed by atoms with van der Waals surface area (Å²) >= 11 is 0. The summed E-state index contributed by atoms with van der Waals surface area (Å²) in [5, 5.41) is 68.2. The van der Waals surface area contributed by atoms with Gasteiger partial charge in [-0.3, -0.25) is 57.7 Å². The van der Waals surface area contributed by atoms with Crippen molar-refractivity contribution >= 4 is 76.9 Å². The lowest BCUT2D eigenvalue weighted by Crippen LogP contribution is -2.64. The van der Waals surface area contributed by atoms with E-state index in [1.807, 2.05) is 10.6 Å². The highest BCUT2D eigenvalue weighted by Gasteiger charge is 2.45. The van der Waals surface area contributed by atoms with Crippen LogP contribution in [0.2, 0.25) is 0 Å². The number of aliphatic hydroxyl groups excluding tert-OH is 4. The van der Waals surface area contributed by atoms with E-state index in [1.54, 1.807) is 41.5 Å². The second-order valence-electron chi connectivity index (χ2n) is 24.1. The van der Waals surface area contributed by atoms with Crippen molar-refractivity contribution in [2.45, 2.75) is 192 Å². The van der Waals surface area contributed by atoms with Crippen LogP contribution in [0.5, 0.6) is 0 Å². The zero-order chi connectivity index (χ0) is 68.6. The highest BCUT2D eigenvalue weighted by molar-refractivity contribution is 6.00. The molecule has 2 aliphatic rings. The SMILES string of the molecule is CC[C@H](C)C1NC(=O)[C@@H](CCCN=C(N)N)NC(=O)[C@H](CC(C)C)NC(=O)[C@H]([C@H](O)C(C)C)NC(=O)[C@@H](NC(=O)[C@H](CC(C)C)NC(=O)C2(N)CCOCC2)[C@@H](c2ccccc2)OC(=O)[C@H](CO)NC(=O)[C@H]([C@H](O)C(N)=O)NC(=O)CNC(=O)C([C@H](C)O)NC1=O. The number of benzene rings is 1. The van der Waals surface area contributed by atoms with Crippen molar-refractivity contribution in [3.63, 3.8) is 0 Å². The summed E-state index contributed by atoms with van der Waals surface area (Å²) in [4.78, 5) is 174. The van der Waals surface area contributed by atoms with Crippen molar-refractivity contribution in [3.8, 4) is 0 Å². The van der Waals surface area contributed by atoms with E-state index in [1.165, 1.54) is 44.2 Å². The zero-order valence-corrected chi connectivity index (χ0v) is 52.9. The topological polar surface area (TPSA) is 541 Å². The second kappa shape index (κ2) is 36.7. The zero-order valence-electron chi connectivity index (χ0n) is 52.9. The van der Waals surface area contributed by atoms with Gasteiger partial charge in [-0.2, -0.15) is 0 Å². The van der Waals surface area contributed by atoms with Crippen molar-refractivity contribution in [1.29, 1.82) is 0 Å². The van der Waals surface area contributed by atoms with Crippen molar-refractivity contribution in [2.75, 3.05) is 32.9 Å². The molecular weight excluding hydrogens is 1190 g/mol. The number of esters is 1. The van der Waals surface area contributed by atoms with Gasteiger partial charge in [0.05, 0.1) is 30.9 Å². The number of carbonyl (C=O) groups excluding carboxylic acids is 12. The first-order valence-corrected chi connectivity index (χ1v) is 30.3. The number of cyclic esters (lactones) is 1. The number of nitrogens with one attached hydrogen (secondary N) is 10. The smallest absolute Gasteiger partial charge is 0.331 e. The fourth-order valence-electron chi connectivity index (χ4n) is 9.62. The number of guanidine groups is 1. The number of rotatable bonds is 21. The van der Waals surface area contributed by atoms with Gasteiger partial charge in [-0.05, 0) is 74.7 Å². The molecule has 33 nitrogen and oxygen atoms in total. The van der Waals surface area contributed by atoms with E-state index in [0.717, 1.165) is 6.92 Å². The molecule has 22 N–H and O–H groups in total. The van der Waals surface area contributed by atoms with Crippen molar-refractivity contribution < 1.29 is 87.4 Å². The van der Waals surface area contributed by atoms with Crippen molar-refractivity contribution in [1.82, 2.24) is 53.2 Å². The predicted molar refractivity (Wildman–Crippen MR) is 326 cm³/mol. The average molecular weight is 1290 g/mol. The Morgan fingerprint density at radius 3 is 1.80 bits per heavy atom. The molecule has 0 bridgehead atoms. The average Bonchev–Trinajstić information content (AvgIpc) is 2.33. The molecule has 1 aromatic carbocycles. The lowest BCUT2D eigenvalue weighted by atomic mass is 9.89. The number of nitrogens with zero attached hydrogens (tertiary/aromatic N) is 1. The standard InChI is InChI=1S/C58H95N15O18/c1-10-30(8)38-51(84)71-39(31(9)75)50(83)64-25-37(76)69-41(44(78)46(59)79)53(86)67-36(26-74)55(88)91-45(32-15-12-11-13-16-32)42(73-49(82)35(24-28(4)5)68-56(89)58(62)18-21-90-22-19-58)54(87)72-40(43(77)29(6)7)52(85)66-34(23-27(2)3)48(81)65-33(47(80)70-38)17-14-20-63-57(60)61/h11-13,15-16,27-31,33-36,38-45,74-75,77-78H,10,14,17-26,62H2,1-9H3,(H2,59,79)(H,64,83)(H,65,81)(H,66,85)(H,67,86)(H,68,89)(H,69,76)(H,70,80)(H,71,84)(H,72,87)(H,73,82)(H4,60,61,63)/t30-,31-,33+,34-,35-,36-,38?,39?,40-,41-,42-,43+,44-,45+/m0/s1. The number of hydrogen-bond acceptors (Lipinski definition) is 20. The molecule has 0 aromatic heterocycles. The third kappa shape index (κ3) is 23.9. The lowest BCUT2D eigenvalue weighted by molar-refractivity contribution is -0.159. The van der Waals surface area contributed by atoms with Gasteiger partial charge in [-0.15, -0.1) is 0 Å². The predicted octanol–water partition coefficient (Wildman–Crippen LogP) is -6.30. The molecule has 0 radical (unpaired) electrons. The first kappa shape index (κ1) is 77.1. The second-order valence-corrected chi connectivity index (χ2v) is 24.1. The van der Waals surface area contributed by atoms with Crippen molar-refractivity contribution in [2.24, 2.45) is 51.6 Å². The van der Waals surface area contributed by atoms with Crippen LogP contribution < -0.4 is 76.1 Å². The van der Waals surface area contributed by atoms with Gasteiger partial charge in [0.25, 0.3) is 0 Å². The summed E-state index contributed by atoms with van der Waals surface area (Å²) in [6.07, 6.45) is -8.15. The van der Waals surface area contributed by atoms with Crippen LogP contribution in [0.4, 0.5) is 0 Å². The Hall–Kier alpha value is -8.11. The first-order chi connectivity index (χ1) is 42.7. The molecule has 14 atom stereocenters. The van der Waals surface area contributed by atoms with E-state index in [-0.39, 0.29) is 88.1 Å². The molecule has 3 rings (SSSR count). The van der Waals surface area contributed by atoms with Crippen LogP contribution in [0.25, 0.3) is 0 Å². The number of nitrogens with two attached hydrogens (primary N) is 4. The highest BCUT2D eigenvalue weighted by Crippen LogP contribution is 2.25. The summed E-state index contributed by atoms with van der Waals surface area (Å²) in [5.74, 6) is -17.2. The Morgan fingerprint density at radius 2 is 1.25 bits per heavy atom. The summed E-state index contributed by atoms with van der Waals surface area (Å²) in [6.45, 7) is 11.9. The largest absolute Gasteiger partial charge is 0.453 e. The number of aliphatic imine (C=N–C) groups is 1. The molecule has 2 aliphatic heterocycles. The fraction of sp³-hybridized carbons (Fsp3) is 0.672. The Balaban J connectivity index is 2.41. The molecule has 510 valence electrons. The molecule has 11 amide bonds. The number of primary amides is 1. The number of amides is 11. The van der Waals surface area contributed by atoms with Gasteiger partial charge in [0, 0.05) is 19.8 Å². The molecule has 2 heterocycles. The molecule has 33 heteroatoms. The lowest BCUT2D eigenvalue weighted by Gasteiger charge is -2.35. The highest BCUT2D eigenvalue weighted by atomic mass is 16.5. The minimum atomic E-state index is -2.58. The van der Waals surface area contributed by atoms with Gasteiger partial charge in [-0.1, -0.05) is 92.1 Å². The quantitative estimate of drug-likeness (QED) is 0.0236. The van der Waals surface area contributed by atoms with Crippen LogP contribution in [-0.4, -0.2) is 208 Å². The minimum absolute atomic E-state index is 0.0442. The van der Waals surface area contributed by atoms with E-state index in [9.17, 15) is 73.2 Å². The van der Waals surface area contributed by atoms with E-state index in [4.69, 9.17) is 32.4 Å². The molecule has 0 saturated carbocycles. The van der Waals surface area contributed by atoms with Gasteiger partial charge in [0.1, 0.15) is 48.3 Å². The number of aliphatic hydroxyl groups is 4. The summed E-state index contributed by atoms with van der Waals surface area (Å²) in [5.41, 5.74) is 21.4. The Kier molecular flexibility index (Phi) is 31.1. The third-order valence-corrected chi connectivity index (χ3v) is 15.2. The van der Waals surface area contributed by atoms with E-state index >= 15 is 4.79 Å². The molecule has 1 aromatic rings. The summed E-state index contributed by atoms with van der Waals surface area (Å²) in [7, 11) is 0. The third-order valence-electron chi connectivity index (χ3n) is 15.2. The maximum absolute atomic E-state index is 15.4.